The lowest BCUT2D eigenvalue weighted by molar-refractivity contribution is -0.126. The van der Waals surface area contributed by atoms with Gasteiger partial charge in [-0.25, -0.2) is 4.79 Å². The number of aryl methyl sites for hydroxylation is 1. The smallest absolute Gasteiger partial charge is 0.358 e. The van der Waals surface area contributed by atoms with E-state index in [0.717, 1.165) is 5.56 Å². The Morgan fingerprint density at radius 1 is 1.31 bits per heavy atom. The number of nitrogens with one attached hydrogen (secondary N) is 1. The van der Waals surface area contributed by atoms with Crippen LogP contribution in [0.5, 0.6) is 0 Å². The third kappa shape index (κ3) is 4.49. The highest BCUT2D eigenvalue weighted by atomic mass is 35.5. The number of halogens is 1. The molecule has 2 amide bonds. The van der Waals surface area contributed by atoms with Gasteiger partial charge in [-0.15, -0.1) is 0 Å². The second kappa shape index (κ2) is 9.70. The first kappa shape index (κ1) is 23.7. The van der Waals surface area contributed by atoms with Crippen molar-refractivity contribution in [2.75, 3.05) is 31.8 Å². The van der Waals surface area contributed by atoms with Crippen LogP contribution in [0.2, 0.25) is 5.02 Å². The molecule has 3 rings (SSSR count). The summed E-state index contributed by atoms with van der Waals surface area (Å²) in [5.41, 5.74) is 0.218. The largest absolute Gasteiger partial charge is 0.461 e. The Hall–Kier alpha value is -2.91. The molecule has 0 aliphatic carbocycles. The Kier molecular flexibility index (Phi) is 7.20. The third-order valence-corrected chi connectivity index (χ3v) is 5.76. The number of carbonyl (C=O) groups is 3. The predicted octanol–water partition coefficient (Wildman–Crippen LogP) is 2.59. The summed E-state index contributed by atoms with van der Waals surface area (Å²) in [4.78, 5) is 40.5. The molecule has 1 aliphatic rings. The molecule has 0 bridgehead atoms. The SMILES string of the molecule is CCOC(=O)c1cc2n(n1)C[C@@](C)(C(=O)NCCCOC)N(c1ccc(C)c(Cl)c1)C2=O. The second-order valence-corrected chi connectivity index (χ2v) is 8.15. The number of ether oxygens (including phenoxy) is 2. The van der Waals surface area contributed by atoms with Crippen molar-refractivity contribution in [3.63, 3.8) is 0 Å². The molecule has 9 nitrogen and oxygen atoms in total. The molecule has 0 radical (unpaired) electrons. The number of esters is 1. The lowest BCUT2D eigenvalue weighted by Crippen LogP contribution is -2.64. The summed E-state index contributed by atoms with van der Waals surface area (Å²) in [6.45, 7) is 6.33. The Morgan fingerprint density at radius 3 is 2.72 bits per heavy atom. The lowest BCUT2D eigenvalue weighted by atomic mass is 9.93. The number of benzene rings is 1. The number of rotatable bonds is 8. The van der Waals surface area contributed by atoms with Gasteiger partial charge in [-0.3, -0.25) is 19.2 Å². The summed E-state index contributed by atoms with van der Waals surface area (Å²) >= 11 is 6.32. The van der Waals surface area contributed by atoms with Gasteiger partial charge < -0.3 is 14.8 Å². The number of hydrogen-bond donors (Lipinski definition) is 1. The fourth-order valence-corrected chi connectivity index (χ4v) is 3.80. The van der Waals surface area contributed by atoms with E-state index in [1.807, 2.05) is 6.92 Å². The number of aromatic nitrogens is 2. The van der Waals surface area contributed by atoms with E-state index in [1.165, 1.54) is 15.6 Å². The lowest BCUT2D eigenvalue weighted by Gasteiger charge is -2.43. The molecule has 0 spiro atoms. The van der Waals surface area contributed by atoms with Gasteiger partial charge in [-0.05, 0) is 44.9 Å². The van der Waals surface area contributed by atoms with Crippen LogP contribution in [0.1, 0.15) is 46.8 Å². The first-order valence-corrected chi connectivity index (χ1v) is 10.7. The molecule has 1 aromatic heterocycles. The molecule has 2 heterocycles. The number of nitrogens with zero attached hydrogens (tertiary/aromatic N) is 3. The van der Waals surface area contributed by atoms with Crippen molar-refractivity contribution in [2.24, 2.45) is 0 Å². The van der Waals surface area contributed by atoms with Gasteiger partial charge in [0, 0.05) is 37.0 Å². The highest BCUT2D eigenvalue weighted by Crippen LogP contribution is 2.34. The summed E-state index contributed by atoms with van der Waals surface area (Å²) in [6, 6.07) is 6.58. The number of fused-ring (bicyclic) bond motifs is 1. The number of carbonyl (C=O) groups excluding carboxylic acids is 3. The first-order valence-electron chi connectivity index (χ1n) is 10.4. The van der Waals surface area contributed by atoms with Gasteiger partial charge in [0.1, 0.15) is 11.2 Å². The average molecular weight is 463 g/mol. The molecular weight excluding hydrogens is 436 g/mol. The van der Waals surface area contributed by atoms with Crippen LogP contribution < -0.4 is 10.2 Å². The van der Waals surface area contributed by atoms with Crippen molar-refractivity contribution in [1.29, 1.82) is 0 Å². The molecule has 0 saturated heterocycles. The van der Waals surface area contributed by atoms with Gasteiger partial charge in [0.15, 0.2) is 5.69 Å². The van der Waals surface area contributed by atoms with Crippen LogP contribution in [0, 0.1) is 6.92 Å². The third-order valence-electron chi connectivity index (χ3n) is 5.35. The molecule has 10 heteroatoms. The van der Waals surface area contributed by atoms with E-state index >= 15 is 0 Å². The van der Waals surface area contributed by atoms with Crippen LogP contribution >= 0.6 is 11.6 Å². The number of methoxy groups -OCH3 is 1. The zero-order chi connectivity index (χ0) is 23.5. The molecule has 1 aromatic carbocycles. The van der Waals surface area contributed by atoms with Gasteiger partial charge in [-0.2, -0.15) is 5.10 Å². The molecule has 1 N–H and O–H groups in total. The maximum Gasteiger partial charge on any atom is 0.358 e. The molecule has 172 valence electrons. The van der Waals surface area contributed by atoms with Crippen molar-refractivity contribution >= 4 is 35.1 Å². The summed E-state index contributed by atoms with van der Waals surface area (Å²) in [5, 5.41) is 7.59. The van der Waals surface area contributed by atoms with Crippen molar-refractivity contribution in [2.45, 2.75) is 39.3 Å². The standard InChI is InChI=1S/C22H27ClN4O5/c1-5-32-20(29)17-12-18-19(28)27(15-8-7-14(2)16(23)11-15)22(3,13-26(18)25-17)21(30)24-9-6-10-31-4/h7-8,11-12H,5-6,9-10,13H2,1-4H3,(H,24,30)/t22-/m0/s1. The Labute approximate surface area is 191 Å². The number of amides is 2. The zero-order valence-electron chi connectivity index (χ0n) is 18.6. The summed E-state index contributed by atoms with van der Waals surface area (Å²) in [7, 11) is 1.59. The van der Waals surface area contributed by atoms with Crippen molar-refractivity contribution in [3.8, 4) is 0 Å². The molecule has 32 heavy (non-hydrogen) atoms. The fourth-order valence-electron chi connectivity index (χ4n) is 3.62. The molecule has 1 atom stereocenters. The van der Waals surface area contributed by atoms with Gasteiger partial charge in [0.05, 0.1) is 13.2 Å². The van der Waals surface area contributed by atoms with Crippen molar-refractivity contribution < 1.29 is 23.9 Å². The van der Waals surface area contributed by atoms with E-state index in [0.29, 0.717) is 30.3 Å². The van der Waals surface area contributed by atoms with E-state index < -0.39 is 17.4 Å². The highest BCUT2D eigenvalue weighted by Gasteiger charge is 2.49. The molecular formula is C22H27ClN4O5. The monoisotopic (exact) mass is 462 g/mol. The van der Waals surface area contributed by atoms with E-state index in [4.69, 9.17) is 21.1 Å². The van der Waals surface area contributed by atoms with Crippen LogP contribution in [0.4, 0.5) is 5.69 Å². The van der Waals surface area contributed by atoms with Crippen LogP contribution in [0.3, 0.4) is 0 Å². The summed E-state index contributed by atoms with van der Waals surface area (Å²) in [5.74, 6) is -1.44. The van der Waals surface area contributed by atoms with Crippen LogP contribution in [0.15, 0.2) is 24.3 Å². The molecule has 0 saturated carbocycles. The van der Waals surface area contributed by atoms with E-state index in [2.05, 4.69) is 10.4 Å². The molecule has 0 unspecified atom stereocenters. The maximum absolute atomic E-state index is 13.6. The van der Waals surface area contributed by atoms with E-state index in [-0.39, 0.29) is 30.4 Å². The Balaban J connectivity index is 2.04. The molecule has 2 aromatic rings. The topological polar surface area (TPSA) is 103 Å². The minimum atomic E-state index is -1.31. The maximum atomic E-state index is 13.6. The van der Waals surface area contributed by atoms with Crippen LogP contribution in [-0.2, 0) is 20.8 Å². The van der Waals surface area contributed by atoms with E-state index in [1.54, 1.807) is 39.2 Å². The summed E-state index contributed by atoms with van der Waals surface area (Å²) < 4.78 is 11.4. The minimum Gasteiger partial charge on any atom is -0.461 e. The van der Waals surface area contributed by atoms with Crippen LogP contribution in [-0.4, -0.2) is 60.0 Å². The average Bonchev–Trinajstić information content (AvgIpc) is 3.18. The van der Waals surface area contributed by atoms with Crippen LogP contribution in [0.25, 0.3) is 0 Å². The van der Waals surface area contributed by atoms with Crippen molar-refractivity contribution in [3.05, 3.63) is 46.2 Å². The van der Waals surface area contributed by atoms with Crippen molar-refractivity contribution in [1.82, 2.24) is 15.1 Å². The number of hydrogen-bond acceptors (Lipinski definition) is 6. The summed E-state index contributed by atoms with van der Waals surface area (Å²) in [6.07, 6.45) is 0.628. The van der Waals surface area contributed by atoms with Gasteiger partial charge >= 0.3 is 5.97 Å². The van der Waals surface area contributed by atoms with E-state index in [9.17, 15) is 14.4 Å². The van der Waals surface area contributed by atoms with Gasteiger partial charge in [-0.1, -0.05) is 17.7 Å². The first-order chi connectivity index (χ1) is 15.2. The Morgan fingerprint density at radius 2 is 2.06 bits per heavy atom. The molecule has 0 fully saturated rings. The zero-order valence-corrected chi connectivity index (χ0v) is 19.4. The minimum absolute atomic E-state index is 0.0156. The normalized spacial score (nSPS) is 17.8. The highest BCUT2D eigenvalue weighted by molar-refractivity contribution is 6.31. The quantitative estimate of drug-likeness (QED) is 0.478. The van der Waals surface area contributed by atoms with Gasteiger partial charge in [0.25, 0.3) is 5.91 Å². The Bertz CT molecular complexity index is 1040. The predicted molar refractivity (Wildman–Crippen MR) is 119 cm³/mol. The van der Waals surface area contributed by atoms with Gasteiger partial charge in [0.2, 0.25) is 5.91 Å². The fraction of sp³-hybridized carbons (Fsp3) is 0.455. The number of anilines is 1. The second-order valence-electron chi connectivity index (χ2n) is 7.74. The molecule has 1 aliphatic heterocycles.